The van der Waals surface area contributed by atoms with Crippen molar-refractivity contribution < 1.29 is 0 Å². The lowest BCUT2D eigenvalue weighted by Gasteiger charge is -2.24. The van der Waals surface area contributed by atoms with Crippen LogP contribution in [0.1, 0.15) is 24.5 Å². The summed E-state index contributed by atoms with van der Waals surface area (Å²) < 4.78 is 0. The molecule has 2 nitrogen and oxygen atoms in total. The number of nitrogens with one attached hydrogen (secondary N) is 1. The quantitative estimate of drug-likeness (QED) is 0.887. The van der Waals surface area contributed by atoms with E-state index >= 15 is 0 Å². The minimum absolute atomic E-state index is 1.09. The maximum absolute atomic E-state index is 3.50. The second-order valence-electron chi connectivity index (χ2n) is 5.45. The Kier molecular flexibility index (Phi) is 3.64. The topological polar surface area (TPSA) is 15.3 Å². The van der Waals surface area contributed by atoms with Crippen molar-refractivity contribution >= 4 is 17.1 Å². The summed E-state index contributed by atoms with van der Waals surface area (Å²) in [4.78, 5) is 2.25. The van der Waals surface area contributed by atoms with Crippen molar-refractivity contribution in [3.05, 3.63) is 53.6 Å². The lowest BCUT2D eigenvalue weighted by molar-refractivity contribution is 0.830. The lowest BCUT2D eigenvalue weighted by Crippen LogP contribution is -2.14. The first-order valence-corrected chi connectivity index (χ1v) is 7.47. The van der Waals surface area contributed by atoms with Crippen molar-refractivity contribution in [1.82, 2.24) is 0 Å². The van der Waals surface area contributed by atoms with E-state index in [1.165, 1.54) is 41.0 Å². The molecule has 1 aliphatic rings. The maximum atomic E-state index is 3.50. The zero-order valence-electron chi connectivity index (χ0n) is 12.3. The van der Waals surface area contributed by atoms with Crippen LogP contribution in [0.2, 0.25) is 0 Å². The number of benzene rings is 2. The number of aryl methyl sites for hydroxylation is 2. The van der Waals surface area contributed by atoms with Crippen LogP contribution >= 0.6 is 0 Å². The van der Waals surface area contributed by atoms with Crippen LogP contribution in [-0.4, -0.2) is 13.6 Å². The fourth-order valence-corrected chi connectivity index (χ4v) is 2.76. The zero-order valence-corrected chi connectivity index (χ0v) is 12.3. The summed E-state index contributed by atoms with van der Waals surface area (Å²) >= 11 is 0. The fraction of sp³-hybridized carbons (Fsp3) is 0.333. The minimum atomic E-state index is 1.09. The number of nitrogens with zero attached hydrogens (tertiary/aromatic N) is 1. The molecule has 104 valence electrons. The van der Waals surface area contributed by atoms with Gasteiger partial charge in [0.05, 0.1) is 0 Å². The highest BCUT2D eigenvalue weighted by Gasteiger charge is 2.11. The molecule has 0 aliphatic carbocycles. The molecule has 2 heteroatoms. The van der Waals surface area contributed by atoms with E-state index in [1.807, 2.05) is 0 Å². The Morgan fingerprint density at radius 1 is 1.05 bits per heavy atom. The van der Waals surface area contributed by atoms with Gasteiger partial charge in [-0.15, -0.1) is 0 Å². The average Bonchev–Trinajstić information content (AvgIpc) is 2.54. The third-order valence-corrected chi connectivity index (χ3v) is 4.15. The van der Waals surface area contributed by atoms with Gasteiger partial charge in [-0.3, -0.25) is 0 Å². The molecule has 0 aromatic heterocycles. The zero-order chi connectivity index (χ0) is 13.9. The predicted octanol–water partition coefficient (Wildman–Crippen LogP) is 4.38. The molecule has 0 fully saturated rings. The molecule has 20 heavy (non-hydrogen) atoms. The van der Waals surface area contributed by atoms with Crippen LogP contribution < -0.4 is 10.2 Å². The van der Waals surface area contributed by atoms with Gasteiger partial charge in [0.2, 0.25) is 0 Å². The first-order valence-electron chi connectivity index (χ1n) is 7.47. The second kappa shape index (κ2) is 5.58. The molecule has 2 aromatic rings. The van der Waals surface area contributed by atoms with E-state index in [-0.39, 0.29) is 0 Å². The largest absolute Gasteiger partial charge is 0.385 e. The van der Waals surface area contributed by atoms with E-state index < -0.39 is 0 Å². The highest BCUT2D eigenvalue weighted by molar-refractivity contribution is 5.69. The number of hydrogen-bond donors (Lipinski definition) is 1. The van der Waals surface area contributed by atoms with Crippen LogP contribution in [0, 0.1) is 0 Å². The third-order valence-electron chi connectivity index (χ3n) is 4.15. The van der Waals surface area contributed by atoms with E-state index in [0.29, 0.717) is 0 Å². The molecular weight excluding hydrogens is 244 g/mol. The summed E-state index contributed by atoms with van der Waals surface area (Å²) in [5.74, 6) is 0. The van der Waals surface area contributed by atoms with Gasteiger partial charge in [0.25, 0.3) is 0 Å². The normalized spacial score (nSPS) is 13.5. The van der Waals surface area contributed by atoms with Gasteiger partial charge in [-0.05, 0) is 54.7 Å². The molecule has 1 N–H and O–H groups in total. The van der Waals surface area contributed by atoms with Gasteiger partial charge in [0.1, 0.15) is 0 Å². The van der Waals surface area contributed by atoms with Gasteiger partial charge in [-0.2, -0.15) is 0 Å². The van der Waals surface area contributed by atoms with Gasteiger partial charge in [0.15, 0.2) is 0 Å². The smallest absolute Gasteiger partial charge is 0.0429 e. The van der Waals surface area contributed by atoms with Crippen LogP contribution in [0.5, 0.6) is 0 Å². The molecule has 0 saturated carbocycles. The van der Waals surface area contributed by atoms with Crippen molar-refractivity contribution in [2.45, 2.75) is 26.2 Å². The molecule has 0 saturated heterocycles. The van der Waals surface area contributed by atoms with Crippen LogP contribution in [0.25, 0.3) is 0 Å². The van der Waals surface area contributed by atoms with Gasteiger partial charge in [-0.1, -0.05) is 25.1 Å². The summed E-state index contributed by atoms with van der Waals surface area (Å²) in [5.41, 5.74) is 6.59. The van der Waals surface area contributed by atoms with Gasteiger partial charge >= 0.3 is 0 Å². The van der Waals surface area contributed by atoms with Crippen LogP contribution in [-0.2, 0) is 12.8 Å². The van der Waals surface area contributed by atoms with Crippen molar-refractivity contribution in [2.24, 2.45) is 0 Å². The molecule has 0 radical (unpaired) electrons. The van der Waals surface area contributed by atoms with Gasteiger partial charge in [0, 0.05) is 30.7 Å². The Balaban J connectivity index is 1.87. The first-order chi connectivity index (χ1) is 9.78. The molecule has 0 atom stereocenters. The molecule has 1 aliphatic heterocycles. The van der Waals surface area contributed by atoms with Crippen molar-refractivity contribution in [3.63, 3.8) is 0 Å². The third kappa shape index (κ3) is 2.51. The Morgan fingerprint density at radius 2 is 1.80 bits per heavy atom. The van der Waals surface area contributed by atoms with E-state index in [9.17, 15) is 0 Å². The SMILES string of the molecule is CCc1ccc(N(C)c2ccc3c(c2)NCCC3)cc1. The van der Waals surface area contributed by atoms with Crippen molar-refractivity contribution in [3.8, 4) is 0 Å². The highest BCUT2D eigenvalue weighted by atomic mass is 15.1. The average molecular weight is 266 g/mol. The van der Waals surface area contributed by atoms with Gasteiger partial charge in [-0.25, -0.2) is 0 Å². The molecule has 0 unspecified atom stereocenters. The van der Waals surface area contributed by atoms with E-state index in [1.54, 1.807) is 0 Å². The summed E-state index contributed by atoms with van der Waals surface area (Å²) in [6, 6.07) is 15.6. The summed E-state index contributed by atoms with van der Waals surface area (Å²) in [6.45, 7) is 3.28. The molecule has 0 amide bonds. The summed E-state index contributed by atoms with van der Waals surface area (Å²) in [5, 5.41) is 3.50. The maximum Gasteiger partial charge on any atom is 0.0429 e. The number of rotatable bonds is 3. The Hall–Kier alpha value is -1.96. The summed E-state index contributed by atoms with van der Waals surface area (Å²) in [7, 11) is 2.13. The number of fused-ring (bicyclic) bond motifs is 1. The van der Waals surface area contributed by atoms with Crippen LogP contribution in [0.15, 0.2) is 42.5 Å². The number of anilines is 3. The molecule has 0 spiro atoms. The standard InChI is InChI=1S/C18H22N2/c1-3-14-6-9-16(10-7-14)20(2)17-11-8-15-5-4-12-19-18(15)13-17/h6-11,13,19H,3-5,12H2,1-2H3. The monoisotopic (exact) mass is 266 g/mol. The predicted molar refractivity (Wildman–Crippen MR) is 87.1 cm³/mol. The first kappa shape index (κ1) is 13.0. The highest BCUT2D eigenvalue weighted by Crippen LogP contribution is 2.30. The minimum Gasteiger partial charge on any atom is -0.385 e. The van der Waals surface area contributed by atoms with Crippen molar-refractivity contribution in [2.75, 3.05) is 23.8 Å². The van der Waals surface area contributed by atoms with Crippen molar-refractivity contribution in [1.29, 1.82) is 0 Å². The van der Waals surface area contributed by atoms with E-state index in [0.717, 1.165) is 13.0 Å². The van der Waals surface area contributed by atoms with E-state index in [4.69, 9.17) is 0 Å². The fourth-order valence-electron chi connectivity index (χ4n) is 2.76. The molecule has 0 bridgehead atoms. The number of hydrogen-bond acceptors (Lipinski definition) is 2. The van der Waals surface area contributed by atoms with Crippen LogP contribution in [0.4, 0.5) is 17.1 Å². The summed E-state index contributed by atoms with van der Waals surface area (Å²) in [6.07, 6.45) is 3.52. The lowest BCUT2D eigenvalue weighted by atomic mass is 10.0. The molecule has 2 aromatic carbocycles. The van der Waals surface area contributed by atoms with E-state index in [2.05, 4.69) is 66.7 Å². The van der Waals surface area contributed by atoms with Gasteiger partial charge < -0.3 is 10.2 Å². The molecule has 3 rings (SSSR count). The Labute approximate surface area is 121 Å². The molecule has 1 heterocycles. The Morgan fingerprint density at radius 3 is 2.55 bits per heavy atom. The van der Waals surface area contributed by atoms with Crippen LogP contribution in [0.3, 0.4) is 0 Å². The second-order valence-corrected chi connectivity index (χ2v) is 5.45. The Bertz CT molecular complexity index is 587. The molecular formula is C18H22N2.